The maximum absolute atomic E-state index is 12.7. The van der Waals surface area contributed by atoms with Gasteiger partial charge in [-0.05, 0) is 31.9 Å². The van der Waals surface area contributed by atoms with Crippen molar-refractivity contribution in [3.05, 3.63) is 35.4 Å². The number of likely N-dealkylation sites (N-methyl/N-ethyl adjacent to an activating group) is 1. The van der Waals surface area contributed by atoms with Crippen molar-refractivity contribution in [1.29, 1.82) is 0 Å². The Morgan fingerprint density at radius 3 is 2.75 bits per heavy atom. The van der Waals surface area contributed by atoms with Crippen molar-refractivity contribution in [1.82, 2.24) is 15.1 Å². The van der Waals surface area contributed by atoms with Gasteiger partial charge in [-0.3, -0.25) is 0 Å². The van der Waals surface area contributed by atoms with Crippen LogP contribution in [0.2, 0.25) is 0 Å². The maximum atomic E-state index is 12.7. The topological polar surface area (TPSA) is 44.8 Å². The molecule has 134 valence electrons. The fourth-order valence-electron chi connectivity index (χ4n) is 3.07. The number of likely N-dealkylation sites (tertiary alicyclic amines) is 1. The molecule has 0 aliphatic carbocycles. The molecule has 0 aromatic heterocycles. The molecule has 1 aromatic rings. The maximum Gasteiger partial charge on any atom is 0.317 e. The third kappa shape index (κ3) is 5.80. The second kappa shape index (κ2) is 9.64. The van der Waals surface area contributed by atoms with E-state index in [9.17, 15) is 4.79 Å². The summed E-state index contributed by atoms with van der Waals surface area (Å²) < 4.78 is 5.13. The van der Waals surface area contributed by atoms with E-state index in [4.69, 9.17) is 4.74 Å². The standard InChI is InChI=1S/C19H31N3O2/c1-4-21-12-10-18(15-21)20-19(23)22(11-5-13-24-3)14-17-8-6-16(2)7-9-17/h6-9,18H,4-5,10-15H2,1-3H3,(H,20,23)/t18-/m1/s1. The van der Waals surface area contributed by atoms with Crippen LogP contribution in [0.25, 0.3) is 0 Å². The van der Waals surface area contributed by atoms with Crippen molar-refractivity contribution in [3.8, 4) is 0 Å². The van der Waals surface area contributed by atoms with E-state index in [1.807, 2.05) is 4.90 Å². The first-order valence-electron chi connectivity index (χ1n) is 8.94. The predicted molar refractivity (Wildman–Crippen MR) is 97.1 cm³/mol. The average molecular weight is 333 g/mol. The summed E-state index contributed by atoms with van der Waals surface area (Å²) in [7, 11) is 1.70. The van der Waals surface area contributed by atoms with Gasteiger partial charge in [-0.2, -0.15) is 0 Å². The molecule has 0 unspecified atom stereocenters. The zero-order chi connectivity index (χ0) is 17.4. The van der Waals surface area contributed by atoms with Crippen LogP contribution in [0.5, 0.6) is 0 Å². The minimum absolute atomic E-state index is 0.0367. The number of amides is 2. The molecular weight excluding hydrogens is 302 g/mol. The lowest BCUT2D eigenvalue weighted by molar-refractivity contribution is 0.164. The number of methoxy groups -OCH3 is 1. The molecule has 1 aliphatic rings. The summed E-state index contributed by atoms with van der Waals surface area (Å²) in [6.07, 6.45) is 1.89. The lowest BCUT2D eigenvalue weighted by atomic mass is 10.1. The first kappa shape index (κ1) is 18.7. The van der Waals surface area contributed by atoms with Crippen LogP contribution >= 0.6 is 0 Å². The van der Waals surface area contributed by atoms with Gasteiger partial charge in [0.25, 0.3) is 0 Å². The van der Waals surface area contributed by atoms with Gasteiger partial charge in [-0.15, -0.1) is 0 Å². The molecule has 1 aliphatic heterocycles. The second-order valence-corrected chi connectivity index (χ2v) is 6.58. The number of rotatable bonds is 8. The molecule has 0 saturated carbocycles. The van der Waals surface area contributed by atoms with Gasteiger partial charge in [0.05, 0.1) is 0 Å². The highest BCUT2D eigenvalue weighted by Gasteiger charge is 2.24. The molecule has 2 rings (SSSR count). The van der Waals surface area contributed by atoms with Crippen molar-refractivity contribution in [2.45, 2.75) is 39.3 Å². The fourth-order valence-corrected chi connectivity index (χ4v) is 3.07. The lowest BCUT2D eigenvalue weighted by Gasteiger charge is -2.25. The molecule has 2 amide bonds. The van der Waals surface area contributed by atoms with E-state index >= 15 is 0 Å². The highest BCUT2D eigenvalue weighted by molar-refractivity contribution is 5.74. The molecule has 0 radical (unpaired) electrons. The van der Waals surface area contributed by atoms with E-state index < -0.39 is 0 Å². The van der Waals surface area contributed by atoms with Gasteiger partial charge in [0.2, 0.25) is 0 Å². The van der Waals surface area contributed by atoms with E-state index in [1.54, 1.807) is 7.11 Å². The monoisotopic (exact) mass is 333 g/mol. The highest BCUT2D eigenvalue weighted by atomic mass is 16.5. The Balaban J connectivity index is 1.93. The summed E-state index contributed by atoms with van der Waals surface area (Å²) >= 11 is 0. The number of benzene rings is 1. The molecule has 1 fully saturated rings. The number of hydrogen-bond acceptors (Lipinski definition) is 3. The SMILES string of the molecule is CCN1CC[C@@H](NC(=O)N(CCCOC)Cc2ccc(C)cc2)C1. The third-order valence-corrected chi connectivity index (χ3v) is 4.60. The first-order valence-corrected chi connectivity index (χ1v) is 8.94. The number of nitrogens with one attached hydrogen (secondary N) is 1. The Labute approximate surface area is 146 Å². The van der Waals surface area contributed by atoms with Crippen LogP contribution in [0.4, 0.5) is 4.79 Å². The number of nitrogens with zero attached hydrogens (tertiary/aromatic N) is 2. The van der Waals surface area contributed by atoms with Gasteiger partial charge in [-0.25, -0.2) is 4.79 Å². The van der Waals surface area contributed by atoms with Crippen molar-refractivity contribution in [3.63, 3.8) is 0 Å². The number of hydrogen-bond donors (Lipinski definition) is 1. The zero-order valence-electron chi connectivity index (χ0n) is 15.3. The lowest BCUT2D eigenvalue weighted by Crippen LogP contribution is -2.46. The number of urea groups is 1. The van der Waals surface area contributed by atoms with Gasteiger partial charge < -0.3 is 19.9 Å². The summed E-state index contributed by atoms with van der Waals surface area (Å²) in [6, 6.07) is 8.68. The van der Waals surface area contributed by atoms with E-state index in [0.717, 1.165) is 38.0 Å². The Hall–Kier alpha value is -1.59. The average Bonchev–Trinajstić information content (AvgIpc) is 3.03. The number of ether oxygens (including phenoxy) is 1. The molecule has 24 heavy (non-hydrogen) atoms. The second-order valence-electron chi connectivity index (χ2n) is 6.58. The minimum Gasteiger partial charge on any atom is -0.385 e. The summed E-state index contributed by atoms with van der Waals surface area (Å²) in [5, 5.41) is 3.21. The summed E-state index contributed by atoms with van der Waals surface area (Å²) in [5.74, 6) is 0. The Kier molecular flexibility index (Phi) is 7.53. The largest absolute Gasteiger partial charge is 0.385 e. The fraction of sp³-hybridized carbons (Fsp3) is 0.632. The third-order valence-electron chi connectivity index (χ3n) is 4.60. The van der Waals surface area contributed by atoms with Gasteiger partial charge in [0.15, 0.2) is 0 Å². The van der Waals surface area contributed by atoms with Crippen LogP contribution in [0.1, 0.15) is 30.9 Å². The van der Waals surface area contributed by atoms with Crippen molar-refractivity contribution in [2.75, 3.05) is 39.9 Å². The Morgan fingerprint density at radius 1 is 1.38 bits per heavy atom. The molecule has 1 heterocycles. The Morgan fingerprint density at radius 2 is 2.12 bits per heavy atom. The summed E-state index contributed by atoms with van der Waals surface area (Å²) in [6.45, 7) is 9.34. The molecule has 5 heteroatoms. The molecule has 5 nitrogen and oxygen atoms in total. The number of aryl methyl sites for hydroxylation is 1. The molecule has 1 saturated heterocycles. The summed E-state index contributed by atoms with van der Waals surface area (Å²) in [5.41, 5.74) is 2.40. The van der Waals surface area contributed by atoms with E-state index in [1.165, 1.54) is 5.56 Å². The molecular formula is C19H31N3O2. The van der Waals surface area contributed by atoms with Crippen molar-refractivity contribution >= 4 is 6.03 Å². The van der Waals surface area contributed by atoms with E-state index in [2.05, 4.69) is 48.3 Å². The van der Waals surface area contributed by atoms with Gasteiger partial charge >= 0.3 is 6.03 Å². The predicted octanol–water partition coefficient (Wildman–Crippen LogP) is 2.64. The van der Waals surface area contributed by atoms with Crippen molar-refractivity contribution < 1.29 is 9.53 Å². The van der Waals surface area contributed by atoms with Crippen LogP contribution < -0.4 is 5.32 Å². The first-order chi connectivity index (χ1) is 11.6. The van der Waals surface area contributed by atoms with E-state index in [-0.39, 0.29) is 12.1 Å². The zero-order valence-corrected chi connectivity index (χ0v) is 15.3. The molecule has 0 bridgehead atoms. The molecule has 0 spiro atoms. The van der Waals surface area contributed by atoms with Crippen LogP contribution in [0.15, 0.2) is 24.3 Å². The van der Waals surface area contributed by atoms with Crippen LogP contribution in [0.3, 0.4) is 0 Å². The molecule has 1 N–H and O–H groups in total. The molecule has 1 aromatic carbocycles. The molecule has 1 atom stereocenters. The highest BCUT2D eigenvalue weighted by Crippen LogP contribution is 2.11. The van der Waals surface area contributed by atoms with Crippen LogP contribution in [0, 0.1) is 6.92 Å². The smallest absolute Gasteiger partial charge is 0.317 e. The summed E-state index contributed by atoms with van der Waals surface area (Å²) in [4.78, 5) is 17.0. The minimum atomic E-state index is 0.0367. The van der Waals surface area contributed by atoms with Gasteiger partial charge in [0, 0.05) is 45.9 Å². The Bertz CT molecular complexity index is 504. The van der Waals surface area contributed by atoms with Gasteiger partial charge in [0.1, 0.15) is 0 Å². The number of carbonyl (C=O) groups is 1. The number of carbonyl (C=O) groups excluding carboxylic acids is 1. The quantitative estimate of drug-likeness (QED) is 0.744. The van der Waals surface area contributed by atoms with Crippen LogP contribution in [-0.4, -0.2) is 61.8 Å². The van der Waals surface area contributed by atoms with Gasteiger partial charge in [-0.1, -0.05) is 36.8 Å². The normalized spacial score (nSPS) is 17.9. The van der Waals surface area contributed by atoms with Crippen molar-refractivity contribution in [2.24, 2.45) is 0 Å². The van der Waals surface area contributed by atoms with E-state index in [0.29, 0.717) is 19.7 Å². The van der Waals surface area contributed by atoms with Crippen LogP contribution in [-0.2, 0) is 11.3 Å².